The Morgan fingerprint density at radius 3 is 1.43 bits per heavy atom. The highest BCUT2D eigenvalue weighted by Gasteiger charge is 2.01. The van der Waals surface area contributed by atoms with Crippen LogP contribution in [0.5, 0.6) is 0 Å². The Morgan fingerprint density at radius 1 is 1.29 bits per heavy atom. The van der Waals surface area contributed by atoms with Crippen LogP contribution in [0.25, 0.3) is 0 Å². The van der Waals surface area contributed by atoms with Crippen LogP contribution in [-0.2, 0) is 0 Å². The van der Waals surface area contributed by atoms with Crippen LogP contribution in [0.4, 0.5) is 0 Å². The zero-order valence-corrected chi connectivity index (χ0v) is 7.39. The zero-order valence-electron chi connectivity index (χ0n) is 5.60. The van der Waals surface area contributed by atoms with Gasteiger partial charge in [0.05, 0.1) is 0 Å². The molecule has 44 valence electrons. The smallest absolute Gasteiger partial charge is 0.0409 e. The van der Waals surface area contributed by atoms with Gasteiger partial charge in [0.25, 0.3) is 0 Å². The Bertz CT molecular complexity index is 88.3. The van der Waals surface area contributed by atoms with E-state index in [2.05, 4.69) is 33.0 Å². The summed E-state index contributed by atoms with van der Waals surface area (Å²) in [7, 11) is 0.258. The molecule has 0 fully saturated rings. The minimum atomic E-state index is -0.673. The van der Waals surface area contributed by atoms with Crippen molar-refractivity contribution in [2.24, 2.45) is 0 Å². The van der Waals surface area contributed by atoms with Gasteiger partial charge in [0, 0.05) is 0 Å². The van der Waals surface area contributed by atoms with Gasteiger partial charge in [-0.1, -0.05) is 20.5 Å². The van der Waals surface area contributed by atoms with E-state index in [1.54, 1.807) is 0 Å². The summed E-state index contributed by atoms with van der Waals surface area (Å²) >= 11 is 0. The number of hydrogen-bond acceptors (Lipinski definition) is 0. The number of hydrogen-bond donors (Lipinski definition) is 0. The molecule has 0 rings (SSSR count). The Morgan fingerprint density at radius 2 is 1.43 bits per heavy atom. The van der Waals surface area contributed by atoms with Gasteiger partial charge in [0.15, 0.2) is 0 Å². The third-order valence-electron chi connectivity index (χ3n) is 1.08. The number of rotatable bonds is 1. The van der Waals surface area contributed by atoms with Gasteiger partial charge in [0.2, 0.25) is 0 Å². The standard InChI is InChI=1S/C5H14P2/c1-6(2)7(3,4)5/h3H2,1-2,4-5H3. The molecule has 0 aromatic carbocycles. The molecule has 7 heavy (non-hydrogen) atoms. The molecule has 0 aliphatic carbocycles. The lowest BCUT2D eigenvalue weighted by Crippen LogP contribution is -1.68. The van der Waals surface area contributed by atoms with E-state index in [1.807, 2.05) is 0 Å². The van der Waals surface area contributed by atoms with Crippen molar-refractivity contribution in [3.8, 4) is 0 Å². The highest BCUT2D eigenvalue weighted by Crippen LogP contribution is 2.65. The summed E-state index contributed by atoms with van der Waals surface area (Å²) in [5.41, 5.74) is 0. The van der Waals surface area contributed by atoms with E-state index >= 15 is 0 Å². The van der Waals surface area contributed by atoms with Crippen LogP contribution in [0.3, 0.4) is 0 Å². The van der Waals surface area contributed by atoms with Crippen LogP contribution in [0.2, 0.25) is 0 Å². The molecule has 0 bridgehead atoms. The lowest BCUT2D eigenvalue weighted by molar-refractivity contribution is 2.20. The minimum Gasteiger partial charge on any atom is -0.0972 e. The van der Waals surface area contributed by atoms with E-state index in [9.17, 15) is 0 Å². The van der Waals surface area contributed by atoms with Crippen LogP contribution in [0.15, 0.2) is 0 Å². The van der Waals surface area contributed by atoms with E-state index in [0.717, 1.165) is 0 Å². The van der Waals surface area contributed by atoms with E-state index < -0.39 is 6.57 Å². The van der Waals surface area contributed by atoms with E-state index in [-0.39, 0.29) is 7.61 Å². The maximum absolute atomic E-state index is 4.11. The van der Waals surface area contributed by atoms with Gasteiger partial charge < -0.3 is 0 Å². The molecule has 0 radical (unpaired) electrons. The van der Waals surface area contributed by atoms with Gasteiger partial charge in [-0.15, -0.1) is 0 Å². The first-order valence-corrected chi connectivity index (χ1v) is 8.12. The van der Waals surface area contributed by atoms with Crippen molar-refractivity contribution in [1.82, 2.24) is 0 Å². The summed E-state index contributed by atoms with van der Waals surface area (Å²) < 4.78 is 0. The fourth-order valence-electron chi connectivity index (χ4n) is 0. The van der Waals surface area contributed by atoms with Crippen LogP contribution in [0.1, 0.15) is 0 Å². The quantitative estimate of drug-likeness (QED) is 0.485. The molecular weight excluding hydrogens is 122 g/mol. The molecule has 0 heterocycles. The van der Waals surface area contributed by atoms with Crippen LogP contribution in [0, 0.1) is 0 Å². The highest BCUT2D eigenvalue weighted by atomic mass is 32.1. The summed E-state index contributed by atoms with van der Waals surface area (Å²) in [5, 5.41) is 0. The maximum Gasteiger partial charge on any atom is -0.0409 e. The fourth-order valence-corrected chi connectivity index (χ4v) is 0. The minimum absolute atomic E-state index is 0.258. The second kappa shape index (κ2) is 2.33. The monoisotopic (exact) mass is 136 g/mol. The molecule has 0 aliphatic heterocycles. The largest absolute Gasteiger partial charge is 0.0972 e. The first kappa shape index (κ1) is 7.73. The Labute approximate surface area is 47.9 Å². The van der Waals surface area contributed by atoms with E-state index in [0.29, 0.717) is 0 Å². The molecule has 0 saturated heterocycles. The average Bonchev–Trinajstić information content (AvgIpc) is 1.31. The average molecular weight is 136 g/mol. The Balaban J connectivity index is 3.80. The summed E-state index contributed by atoms with van der Waals surface area (Å²) in [4.78, 5) is 0. The molecule has 0 unspecified atom stereocenters. The molecule has 0 saturated carbocycles. The van der Waals surface area contributed by atoms with Crippen molar-refractivity contribution < 1.29 is 0 Å². The lowest BCUT2D eigenvalue weighted by atomic mass is 11.9. The Hall–Kier alpha value is 0.730. The topological polar surface area (TPSA) is 0 Å². The lowest BCUT2D eigenvalue weighted by Gasteiger charge is -2.16. The normalized spacial score (nSPS) is 12.7. The third kappa shape index (κ3) is 3.32. The molecule has 2 heteroatoms. The van der Waals surface area contributed by atoms with Gasteiger partial charge in [-0.3, -0.25) is 0 Å². The molecule has 0 atom stereocenters. The first-order chi connectivity index (χ1) is 2.94. The van der Waals surface area contributed by atoms with Gasteiger partial charge in [-0.2, -0.15) is 0 Å². The molecular formula is C5H14P2. The molecule has 0 spiro atoms. The van der Waals surface area contributed by atoms with Crippen molar-refractivity contribution in [3.63, 3.8) is 0 Å². The predicted octanol–water partition coefficient (Wildman–Crippen LogP) is 2.35. The molecule has 0 nitrogen and oxygen atoms in total. The van der Waals surface area contributed by atoms with Gasteiger partial charge in [-0.25, -0.2) is 0 Å². The second-order valence-corrected chi connectivity index (χ2v) is 13.1. The van der Waals surface area contributed by atoms with Crippen LogP contribution < -0.4 is 0 Å². The molecule has 0 aromatic rings. The van der Waals surface area contributed by atoms with Gasteiger partial charge in [-0.05, 0) is 26.7 Å². The second-order valence-electron chi connectivity index (χ2n) is 2.47. The summed E-state index contributed by atoms with van der Waals surface area (Å²) in [6.07, 6.45) is 4.11. The fraction of sp³-hybridized carbons (Fsp3) is 0.800. The summed E-state index contributed by atoms with van der Waals surface area (Å²) in [5.74, 6) is 0. The van der Waals surface area contributed by atoms with E-state index in [1.165, 1.54) is 0 Å². The van der Waals surface area contributed by atoms with Crippen molar-refractivity contribution >= 4 is 20.5 Å². The van der Waals surface area contributed by atoms with Crippen molar-refractivity contribution in [3.05, 3.63) is 0 Å². The molecule has 0 amide bonds. The molecule has 0 aliphatic rings. The van der Waals surface area contributed by atoms with E-state index in [4.69, 9.17) is 0 Å². The Kier molecular flexibility index (Phi) is 2.58. The van der Waals surface area contributed by atoms with Crippen molar-refractivity contribution in [2.75, 3.05) is 26.7 Å². The van der Waals surface area contributed by atoms with Crippen molar-refractivity contribution in [1.29, 1.82) is 0 Å². The first-order valence-electron chi connectivity index (χ1n) is 2.31. The van der Waals surface area contributed by atoms with Crippen molar-refractivity contribution in [2.45, 2.75) is 0 Å². The third-order valence-corrected chi connectivity index (χ3v) is 9.75. The summed E-state index contributed by atoms with van der Waals surface area (Å²) in [6, 6.07) is 0. The van der Waals surface area contributed by atoms with Gasteiger partial charge in [0.1, 0.15) is 0 Å². The maximum atomic E-state index is 4.11. The highest BCUT2D eigenvalue weighted by molar-refractivity contribution is 8.36. The predicted molar refractivity (Wildman–Crippen MR) is 44.7 cm³/mol. The summed E-state index contributed by atoms with van der Waals surface area (Å²) in [6.45, 7) is 8.51. The molecule has 0 N–H and O–H groups in total. The van der Waals surface area contributed by atoms with Crippen LogP contribution >= 0.6 is 14.2 Å². The van der Waals surface area contributed by atoms with Gasteiger partial charge >= 0.3 is 0 Å². The zero-order chi connectivity index (χ0) is 6.08. The van der Waals surface area contributed by atoms with Crippen LogP contribution in [-0.4, -0.2) is 33.0 Å². The molecule has 0 aromatic heterocycles. The SMILES string of the molecule is C=P(C)(C)P(C)C.